The van der Waals surface area contributed by atoms with Gasteiger partial charge in [0.1, 0.15) is 0 Å². The molecule has 1 aromatic heterocycles. The summed E-state index contributed by atoms with van der Waals surface area (Å²) >= 11 is 0. The van der Waals surface area contributed by atoms with Crippen LogP contribution in [0.2, 0.25) is 0 Å². The second-order valence-electron chi connectivity index (χ2n) is 6.77. The Hall–Kier alpha value is -2.41. The third-order valence-corrected chi connectivity index (χ3v) is 4.76. The van der Waals surface area contributed by atoms with E-state index in [0.717, 1.165) is 11.3 Å². The van der Waals surface area contributed by atoms with Gasteiger partial charge in [-0.05, 0) is 43.6 Å². The molecule has 27 heavy (non-hydrogen) atoms. The van der Waals surface area contributed by atoms with Crippen molar-refractivity contribution in [2.45, 2.75) is 25.1 Å². The van der Waals surface area contributed by atoms with Gasteiger partial charge in [-0.1, -0.05) is 36.4 Å². The summed E-state index contributed by atoms with van der Waals surface area (Å²) in [5, 5.41) is 3.04. The molecule has 1 atom stereocenters. The number of likely N-dealkylation sites (tertiary alicyclic amines) is 1. The van der Waals surface area contributed by atoms with Crippen molar-refractivity contribution < 1.29 is 18.0 Å². The Labute approximate surface area is 156 Å². The van der Waals surface area contributed by atoms with Gasteiger partial charge in [0, 0.05) is 12.1 Å². The SMILES string of the molecule is O=C(N[C@H](c1ccccc1)c1ccccn1)C1CCN(CC(F)(F)F)CC1. The average Bonchev–Trinajstić information content (AvgIpc) is 2.66. The number of pyridine rings is 1. The first-order valence-corrected chi connectivity index (χ1v) is 8.98. The Morgan fingerprint density at radius 3 is 2.37 bits per heavy atom. The fourth-order valence-corrected chi connectivity index (χ4v) is 3.39. The van der Waals surface area contributed by atoms with Gasteiger partial charge in [0.15, 0.2) is 0 Å². The third-order valence-electron chi connectivity index (χ3n) is 4.76. The predicted molar refractivity (Wildman–Crippen MR) is 95.9 cm³/mol. The monoisotopic (exact) mass is 377 g/mol. The molecule has 4 nitrogen and oxygen atoms in total. The molecule has 1 aliphatic heterocycles. The normalized spacial score (nSPS) is 17.4. The smallest absolute Gasteiger partial charge is 0.343 e. The first kappa shape index (κ1) is 19.4. The molecule has 1 fully saturated rings. The Morgan fingerprint density at radius 2 is 1.78 bits per heavy atom. The summed E-state index contributed by atoms with van der Waals surface area (Å²) in [5.41, 5.74) is 1.64. The van der Waals surface area contributed by atoms with Gasteiger partial charge < -0.3 is 5.32 Å². The summed E-state index contributed by atoms with van der Waals surface area (Å²) in [7, 11) is 0. The molecule has 2 aromatic rings. The number of piperidine rings is 1. The van der Waals surface area contributed by atoms with Crippen LogP contribution in [0.25, 0.3) is 0 Å². The van der Waals surface area contributed by atoms with Crippen LogP contribution in [0, 0.1) is 5.92 Å². The molecule has 1 amide bonds. The van der Waals surface area contributed by atoms with E-state index < -0.39 is 12.7 Å². The molecule has 1 saturated heterocycles. The second kappa shape index (κ2) is 8.52. The maximum absolute atomic E-state index is 12.8. The zero-order valence-electron chi connectivity index (χ0n) is 14.8. The number of aromatic nitrogens is 1. The first-order chi connectivity index (χ1) is 12.9. The van der Waals surface area contributed by atoms with E-state index in [1.807, 2.05) is 48.5 Å². The molecule has 7 heteroatoms. The molecule has 0 bridgehead atoms. The lowest BCUT2D eigenvalue weighted by Gasteiger charge is -2.32. The second-order valence-corrected chi connectivity index (χ2v) is 6.77. The maximum atomic E-state index is 12.8. The van der Waals surface area contributed by atoms with Crippen LogP contribution in [0.5, 0.6) is 0 Å². The zero-order chi connectivity index (χ0) is 19.3. The van der Waals surface area contributed by atoms with Crippen molar-refractivity contribution in [2.75, 3.05) is 19.6 Å². The fourth-order valence-electron chi connectivity index (χ4n) is 3.39. The minimum absolute atomic E-state index is 0.138. The highest BCUT2D eigenvalue weighted by Crippen LogP contribution is 2.25. The van der Waals surface area contributed by atoms with E-state index in [2.05, 4.69) is 10.3 Å². The Bertz CT molecular complexity index is 690. The van der Waals surface area contributed by atoms with Gasteiger partial charge in [0.2, 0.25) is 5.91 Å². The standard InChI is InChI=1S/C20H22F3N3O/c21-20(22,23)14-26-12-9-16(10-13-26)19(27)25-18(15-6-2-1-3-7-15)17-8-4-5-11-24-17/h1-8,11,16,18H,9-10,12-14H2,(H,25,27)/t18-/m1/s1. The first-order valence-electron chi connectivity index (χ1n) is 8.98. The van der Waals surface area contributed by atoms with Gasteiger partial charge in [-0.3, -0.25) is 14.7 Å². The van der Waals surface area contributed by atoms with Crippen molar-refractivity contribution in [3.05, 3.63) is 66.0 Å². The van der Waals surface area contributed by atoms with Crippen LogP contribution in [-0.4, -0.2) is 41.6 Å². The van der Waals surface area contributed by atoms with Gasteiger partial charge >= 0.3 is 6.18 Å². The zero-order valence-corrected chi connectivity index (χ0v) is 14.8. The molecule has 3 rings (SSSR count). The summed E-state index contributed by atoms with van der Waals surface area (Å²) < 4.78 is 37.5. The van der Waals surface area contributed by atoms with Crippen LogP contribution in [0.1, 0.15) is 30.1 Å². The number of hydrogen-bond acceptors (Lipinski definition) is 3. The lowest BCUT2D eigenvalue weighted by atomic mass is 9.94. The predicted octanol–water partition coefficient (Wildman–Crippen LogP) is 3.56. The summed E-state index contributed by atoms with van der Waals surface area (Å²) in [4.78, 5) is 18.5. The van der Waals surface area contributed by atoms with Gasteiger partial charge in [-0.15, -0.1) is 0 Å². The number of carbonyl (C=O) groups excluding carboxylic acids is 1. The van der Waals surface area contributed by atoms with Crippen molar-refractivity contribution >= 4 is 5.91 Å². The van der Waals surface area contributed by atoms with E-state index in [0.29, 0.717) is 12.8 Å². The van der Waals surface area contributed by atoms with Crippen LogP contribution >= 0.6 is 0 Å². The van der Waals surface area contributed by atoms with E-state index >= 15 is 0 Å². The van der Waals surface area contributed by atoms with Gasteiger partial charge in [-0.2, -0.15) is 13.2 Å². The number of alkyl halides is 3. The largest absolute Gasteiger partial charge is 0.401 e. The van der Waals surface area contributed by atoms with Gasteiger partial charge in [-0.25, -0.2) is 0 Å². The maximum Gasteiger partial charge on any atom is 0.401 e. The fraction of sp³-hybridized carbons (Fsp3) is 0.400. The lowest BCUT2D eigenvalue weighted by molar-refractivity contribution is -0.149. The number of hydrogen-bond donors (Lipinski definition) is 1. The number of benzene rings is 1. The van der Waals surface area contributed by atoms with Crippen molar-refractivity contribution in [3.8, 4) is 0 Å². The molecule has 0 saturated carbocycles. The van der Waals surface area contributed by atoms with Crippen LogP contribution in [-0.2, 0) is 4.79 Å². The number of nitrogens with zero attached hydrogens (tertiary/aromatic N) is 2. The van der Waals surface area contributed by atoms with Crippen LogP contribution in [0.15, 0.2) is 54.7 Å². The molecular weight excluding hydrogens is 355 g/mol. The van der Waals surface area contributed by atoms with Crippen molar-refractivity contribution in [1.82, 2.24) is 15.2 Å². The molecule has 1 aromatic carbocycles. The van der Waals surface area contributed by atoms with Gasteiger partial charge in [0.25, 0.3) is 0 Å². The van der Waals surface area contributed by atoms with E-state index in [-0.39, 0.29) is 31.0 Å². The van der Waals surface area contributed by atoms with E-state index in [4.69, 9.17) is 0 Å². The molecule has 0 radical (unpaired) electrons. The minimum atomic E-state index is -4.20. The minimum Gasteiger partial charge on any atom is -0.343 e. The average molecular weight is 377 g/mol. The molecular formula is C20H22F3N3O. The lowest BCUT2D eigenvalue weighted by Crippen LogP contribution is -2.44. The Morgan fingerprint density at radius 1 is 1.11 bits per heavy atom. The van der Waals surface area contributed by atoms with Gasteiger partial charge in [0.05, 0.1) is 18.3 Å². The highest BCUT2D eigenvalue weighted by molar-refractivity contribution is 5.79. The number of carbonyl (C=O) groups is 1. The summed E-state index contributed by atoms with van der Waals surface area (Å²) in [6.45, 7) is -0.365. The molecule has 2 heterocycles. The van der Waals surface area contributed by atoms with Crippen molar-refractivity contribution in [1.29, 1.82) is 0 Å². The summed E-state index contributed by atoms with van der Waals surface area (Å²) in [5.74, 6) is -0.425. The molecule has 0 unspecified atom stereocenters. The highest BCUT2D eigenvalue weighted by atomic mass is 19.4. The molecule has 0 spiro atoms. The molecule has 0 aliphatic carbocycles. The van der Waals surface area contributed by atoms with Crippen LogP contribution in [0.3, 0.4) is 0 Å². The summed E-state index contributed by atoms with van der Waals surface area (Å²) in [6.07, 6.45) is -1.68. The highest BCUT2D eigenvalue weighted by Gasteiger charge is 2.34. The number of rotatable bonds is 5. The van der Waals surface area contributed by atoms with Crippen molar-refractivity contribution in [3.63, 3.8) is 0 Å². The molecule has 1 aliphatic rings. The number of nitrogens with one attached hydrogen (secondary N) is 1. The van der Waals surface area contributed by atoms with E-state index in [9.17, 15) is 18.0 Å². The van der Waals surface area contributed by atoms with E-state index in [1.165, 1.54) is 4.90 Å². The quantitative estimate of drug-likeness (QED) is 0.867. The number of amides is 1. The van der Waals surface area contributed by atoms with Crippen LogP contribution in [0.4, 0.5) is 13.2 Å². The molecule has 1 N–H and O–H groups in total. The Kier molecular flexibility index (Phi) is 6.11. The molecule has 144 valence electrons. The number of halogens is 3. The summed E-state index contributed by atoms with van der Waals surface area (Å²) in [6, 6.07) is 14.7. The third kappa shape index (κ3) is 5.53. The van der Waals surface area contributed by atoms with E-state index in [1.54, 1.807) is 6.20 Å². The van der Waals surface area contributed by atoms with Crippen LogP contribution < -0.4 is 5.32 Å². The van der Waals surface area contributed by atoms with Crippen molar-refractivity contribution in [2.24, 2.45) is 5.92 Å². The Balaban J connectivity index is 1.66. The topological polar surface area (TPSA) is 45.2 Å².